The predicted octanol–water partition coefficient (Wildman–Crippen LogP) is 10.8. The number of rotatable bonds is 35. The van der Waals surface area contributed by atoms with E-state index in [2.05, 4.69) is 11.9 Å². The number of nitrogens with zero attached hydrogens (tertiary/aromatic N) is 1. The SMILES string of the molecule is CCCCCCCCCCCCCCCCCCCCCCO[C@H]1C(OC(=O)CCC(N)=O)[C@@H](COC(c2ccccc2)(c2ccc(OC)cc2)c2ccc(OC)cc2)O[C@H]1n1ccc(=O)[nH]c1=O. The Morgan fingerprint density at radius 2 is 1.10 bits per heavy atom. The van der Waals surface area contributed by atoms with Crippen molar-refractivity contribution in [1.29, 1.82) is 0 Å². The molecule has 4 aromatic rings. The molecule has 1 aliphatic heterocycles. The van der Waals surface area contributed by atoms with Crippen LogP contribution in [0.3, 0.4) is 0 Å². The first-order valence-corrected chi connectivity index (χ1v) is 25.7. The van der Waals surface area contributed by atoms with Crippen LogP contribution in [0.5, 0.6) is 11.5 Å². The summed E-state index contributed by atoms with van der Waals surface area (Å²) in [6.45, 7) is 2.42. The zero-order valence-corrected chi connectivity index (χ0v) is 41.5. The van der Waals surface area contributed by atoms with Gasteiger partial charge in [0.25, 0.3) is 5.56 Å². The smallest absolute Gasteiger partial charge is 0.330 e. The largest absolute Gasteiger partial charge is 0.497 e. The second-order valence-electron chi connectivity index (χ2n) is 18.4. The van der Waals surface area contributed by atoms with Crippen molar-refractivity contribution in [2.45, 2.75) is 178 Å². The van der Waals surface area contributed by atoms with Crippen molar-refractivity contribution >= 4 is 11.9 Å². The Hall–Kier alpha value is -5.24. The number of primary amides is 1. The fraction of sp³-hybridized carbons (Fsp3) is 0.571. The van der Waals surface area contributed by atoms with E-state index in [1.54, 1.807) is 14.2 Å². The standard InChI is InChI=1S/C56H79N3O10/c1-4-5-6-7-8-9-10-11-12-13-14-15-16-17-18-19-20-21-22-26-41-66-53-52(69-51(62)38-37-49(57)60)48(68-54(53)59-40-39-50(61)58-55(59)63)42-67-56(43-27-24-23-25-28-43,44-29-33-46(64-2)34-30-44)45-31-35-47(65-3)36-32-45/h23-25,27-36,39-40,48,52-54H,4-22,26,37-38,41-42H2,1-3H3,(H2,57,60)(H,58,61,63)/t48-,52?,53+,54-/m1/s1. The fourth-order valence-corrected chi connectivity index (χ4v) is 9.31. The van der Waals surface area contributed by atoms with Crippen LogP contribution in [0, 0.1) is 0 Å². The number of carbonyl (C=O) groups is 2. The maximum Gasteiger partial charge on any atom is 0.330 e. The van der Waals surface area contributed by atoms with E-state index in [-0.39, 0.29) is 19.4 Å². The normalized spacial score (nSPS) is 16.9. The van der Waals surface area contributed by atoms with Gasteiger partial charge in [-0.15, -0.1) is 0 Å². The lowest BCUT2D eigenvalue weighted by atomic mass is 9.80. The number of aromatic amines is 1. The molecule has 378 valence electrons. The molecule has 1 unspecified atom stereocenters. The van der Waals surface area contributed by atoms with E-state index < -0.39 is 53.3 Å². The Morgan fingerprint density at radius 1 is 0.623 bits per heavy atom. The van der Waals surface area contributed by atoms with Gasteiger partial charge in [-0.05, 0) is 47.4 Å². The molecule has 2 heterocycles. The molecule has 1 aromatic heterocycles. The van der Waals surface area contributed by atoms with Crippen LogP contribution in [0.25, 0.3) is 0 Å². The minimum absolute atomic E-state index is 0.158. The van der Waals surface area contributed by atoms with Gasteiger partial charge in [0.2, 0.25) is 5.91 Å². The second kappa shape index (κ2) is 30.4. The Morgan fingerprint density at radius 3 is 1.57 bits per heavy atom. The maximum atomic E-state index is 13.5. The average molecular weight is 954 g/mol. The first kappa shape index (κ1) is 54.7. The molecular weight excluding hydrogens is 875 g/mol. The molecule has 1 aliphatic rings. The molecule has 13 heteroatoms. The van der Waals surface area contributed by atoms with Gasteiger partial charge in [-0.2, -0.15) is 0 Å². The predicted molar refractivity (Wildman–Crippen MR) is 270 cm³/mol. The van der Waals surface area contributed by atoms with Crippen LogP contribution in [0.15, 0.2) is 101 Å². The molecule has 5 rings (SSSR count). The number of nitrogens with one attached hydrogen (secondary N) is 1. The van der Waals surface area contributed by atoms with Gasteiger partial charge in [0, 0.05) is 25.3 Å². The number of methoxy groups -OCH3 is 2. The summed E-state index contributed by atoms with van der Waals surface area (Å²) < 4.78 is 38.9. The summed E-state index contributed by atoms with van der Waals surface area (Å²) in [5, 5.41) is 0. The van der Waals surface area contributed by atoms with E-state index >= 15 is 0 Å². The van der Waals surface area contributed by atoms with Crippen molar-refractivity contribution in [2.24, 2.45) is 5.73 Å². The minimum Gasteiger partial charge on any atom is -0.497 e. The molecule has 1 amide bonds. The first-order chi connectivity index (χ1) is 33.7. The lowest BCUT2D eigenvalue weighted by molar-refractivity contribution is -0.161. The van der Waals surface area contributed by atoms with Gasteiger partial charge in [-0.1, -0.05) is 184 Å². The van der Waals surface area contributed by atoms with E-state index in [0.717, 1.165) is 42.4 Å². The number of nitrogens with two attached hydrogens (primary N) is 1. The van der Waals surface area contributed by atoms with Gasteiger partial charge >= 0.3 is 11.7 Å². The topological polar surface area (TPSA) is 170 Å². The zero-order chi connectivity index (χ0) is 49.1. The number of ether oxygens (including phenoxy) is 6. The second-order valence-corrected chi connectivity index (χ2v) is 18.4. The van der Waals surface area contributed by atoms with Gasteiger partial charge in [0.15, 0.2) is 12.3 Å². The number of amides is 1. The summed E-state index contributed by atoms with van der Waals surface area (Å²) in [7, 11) is 3.21. The van der Waals surface area contributed by atoms with Gasteiger partial charge in [0.1, 0.15) is 29.3 Å². The monoisotopic (exact) mass is 954 g/mol. The molecule has 4 atom stereocenters. The number of esters is 1. The lowest BCUT2D eigenvalue weighted by Gasteiger charge is -2.37. The summed E-state index contributed by atoms with van der Waals surface area (Å²) in [4.78, 5) is 53.2. The minimum atomic E-state index is -1.25. The summed E-state index contributed by atoms with van der Waals surface area (Å²) >= 11 is 0. The first-order valence-electron chi connectivity index (χ1n) is 25.7. The summed E-state index contributed by atoms with van der Waals surface area (Å²) in [6, 6.07) is 26.1. The van der Waals surface area contributed by atoms with E-state index in [9.17, 15) is 19.2 Å². The van der Waals surface area contributed by atoms with Gasteiger partial charge in [-0.25, -0.2) is 4.79 Å². The molecule has 0 saturated carbocycles. The fourth-order valence-electron chi connectivity index (χ4n) is 9.31. The third-order valence-electron chi connectivity index (χ3n) is 13.2. The molecule has 3 aromatic carbocycles. The van der Waals surface area contributed by atoms with Crippen molar-refractivity contribution in [3.63, 3.8) is 0 Å². The maximum absolute atomic E-state index is 13.5. The molecule has 13 nitrogen and oxygen atoms in total. The van der Waals surface area contributed by atoms with Crippen LogP contribution >= 0.6 is 0 Å². The molecule has 69 heavy (non-hydrogen) atoms. The summed E-state index contributed by atoms with van der Waals surface area (Å²) in [5.74, 6) is -0.0149. The van der Waals surface area contributed by atoms with E-state index in [0.29, 0.717) is 18.1 Å². The Balaban J connectivity index is 1.25. The van der Waals surface area contributed by atoms with Crippen molar-refractivity contribution in [2.75, 3.05) is 27.4 Å². The summed E-state index contributed by atoms with van der Waals surface area (Å²) in [6.07, 6.45) is 22.1. The molecule has 0 bridgehead atoms. The molecule has 3 N–H and O–H groups in total. The highest BCUT2D eigenvalue weighted by atomic mass is 16.6. The third-order valence-corrected chi connectivity index (χ3v) is 13.2. The molecule has 0 radical (unpaired) electrons. The third kappa shape index (κ3) is 17.3. The number of hydrogen-bond acceptors (Lipinski definition) is 10. The van der Waals surface area contributed by atoms with Crippen LogP contribution in [0.4, 0.5) is 0 Å². The Kier molecular flexibility index (Phi) is 24.1. The molecule has 1 saturated heterocycles. The number of hydrogen-bond donors (Lipinski definition) is 2. The summed E-state index contributed by atoms with van der Waals surface area (Å²) in [5.41, 5.74) is 5.23. The van der Waals surface area contributed by atoms with Gasteiger partial charge < -0.3 is 34.2 Å². The molecule has 1 fully saturated rings. The number of benzene rings is 3. The quantitative estimate of drug-likeness (QED) is 0.0257. The molecule has 0 aliphatic carbocycles. The lowest BCUT2D eigenvalue weighted by Crippen LogP contribution is -2.43. The number of carbonyl (C=O) groups excluding carboxylic acids is 2. The van der Waals surface area contributed by atoms with Crippen LogP contribution < -0.4 is 26.5 Å². The van der Waals surface area contributed by atoms with Crippen molar-refractivity contribution < 1.29 is 38.0 Å². The van der Waals surface area contributed by atoms with Gasteiger partial charge in [-0.3, -0.25) is 23.9 Å². The van der Waals surface area contributed by atoms with E-state index in [1.165, 1.54) is 120 Å². The van der Waals surface area contributed by atoms with E-state index in [4.69, 9.17) is 34.2 Å². The van der Waals surface area contributed by atoms with Crippen molar-refractivity contribution in [3.8, 4) is 11.5 Å². The number of unbranched alkanes of at least 4 members (excludes halogenated alkanes) is 19. The van der Waals surface area contributed by atoms with Crippen LogP contribution in [0.1, 0.15) is 171 Å². The molecule has 0 spiro atoms. The van der Waals surface area contributed by atoms with Gasteiger partial charge in [0.05, 0.1) is 27.2 Å². The van der Waals surface area contributed by atoms with Crippen LogP contribution in [-0.4, -0.2) is 67.2 Å². The average Bonchev–Trinajstić information content (AvgIpc) is 3.69. The Bertz CT molecular complexity index is 2130. The van der Waals surface area contributed by atoms with Crippen molar-refractivity contribution in [3.05, 3.63) is 129 Å². The van der Waals surface area contributed by atoms with Crippen molar-refractivity contribution in [1.82, 2.24) is 9.55 Å². The Labute approximate surface area is 409 Å². The number of H-pyrrole nitrogens is 1. The van der Waals surface area contributed by atoms with Crippen LogP contribution in [-0.2, 0) is 34.1 Å². The van der Waals surface area contributed by atoms with E-state index in [1.807, 2.05) is 78.9 Å². The molecular formula is C56H79N3O10. The van der Waals surface area contributed by atoms with Crippen LogP contribution in [0.2, 0.25) is 0 Å². The zero-order valence-electron chi connectivity index (χ0n) is 41.5. The highest BCUT2D eigenvalue weighted by Gasteiger charge is 2.51. The highest BCUT2D eigenvalue weighted by Crippen LogP contribution is 2.43. The number of aromatic nitrogens is 2. The highest BCUT2D eigenvalue weighted by molar-refractivity contribution is 5.80.